The molecule has 0 aliphatic rings. The minimum absolute atomic E-state index is 0.0174. The Hall–Kier alpha value is -4.65. The third-order valence-corrected chi connectivity index (χ3v) is 5.31. The van der Waals surface area contributed by atoms with Gasteiger partial charge in [-0.3, -0.25) is 4.99 Å². The summed E-state index contributed by atoms with van der Waals surface area (Å²) in [5.41, 5.74) is 4.82. The molecule has 168 valence electrons. The lowest BCUT2D eigenvalue weighted by atomic mass is 10.1. The summed E-state index contributed by atoms with van der Waals surface area (Å²) in [4.78, 5) is 20.4. The van der Waals surface area contributed by atoms with Gasteiger partial charge in [-0.05, 0) is 61.0 Å². The summed E-state index contributed by atoms with van der Waals surface area (Å²) in [5, 5.41) is 10.5. The number of carbonyl (C=O) groups is 1. The molecule has 0 saturated heterocycles. The predicted molar refractivity (Wildman–Crippen MR) is 129 cm³/mol. The Labute approximate surface area is 195 Å². The molecule has 0 aliphatic heterocycles. The van der Waals surface area contributed by atoms with E-state index in [9.17, 15) is 9.90 Å². The summed E-state index contributed by atoms with van der Waals surface area (Å²) < 4.78 is 16.3. The molecule has 0 atom stereocenters. The molecule has 3 aromatic carbocycles. The molecule has 0 unspecified atom stereocenters. The van der Waals surface area contributed by atoms with E-state index in [-0.39, 0.29) is 11.7 Å². The SMILES string of the molecule is COC(=O)c1ccc(-c2ccc(C=Nc3ccc(-c4nc5cc(C)ccc5o4)c(O)c3)o2)cc1. The second kappa shape index (κ2) is 8.71. The molecule has 0 bridgehead atoms. The Balaban J connectivity index is 1.33. The molecule has 0 fully saturated rings. The van der Waals surface area contributed by atoms with Crippen molar-refractivity contribution in [2.24, 2.45) is 4.99 Å². The average Bonchev–Trinajstić information content (AvgIpc) is 3.49. The smallest absolute Gasteiger partial charge is 0.337 e. The fourth-order valence-electron chi connectivity index (χ4n) is 3.54. The number of esters is 1. The maximum absolute atomic E-state index is 11.6. The molecular formula is C27H20N2O5. The molecule has 0 aliphatic carbocycles. The lowest BCUT2D eigenvalue weighted by molar-refractivity contribution is 0.0600. The van der Waals surface area contributed by atoms with Crippen molar-refractivity contribution in [1.29, 1.82) is 0 Å². The number of aryl methyl sites for hydroxylation is 1. The van der Waals surface area contributed by atoms with Crippen LogP contribution in [0, 0.1) is 6.92 Å². The van der Waals surface area contributed by atoms with Gasteiger partial charge in [-0.25, -0.2) is 9.78 Å². The van der Waals surface area contributed by atoms with Crippen LogP contribution in [0.5, 0.6) is 5.75 Å². The number of aliphatic imine (C=N–C) groups is 1. The van der Waals surface area contributed by atoms with Gasteiger partial charge in [-0.1, -0.05) is 18.2 Å². The van der Waals surface area contributed by atoms with Gasteiger partial charge in [-0.15, -0.1) is 0 Å². The number of nitrogens with zero attached hydrogens (tertiary/aromatic N) is 2. The molecule has 2 aromatic heterocycles. The summed E-state index contributed by atoms with van der Waals surface area (Å²) >= 11 is 0. The number of hydrogen-bond donors (Lipinski definition) is 1. The maximum Gasteiger partial charge on any atom is 0.337 e. The molecule has 5 aromatic rings. The van der Waals surface area contributed by atoms with Gasteiger partial charge in [0, 0.05) is 11.6 Å². The van der Waals surface area contributed by atoms with E-state index >= 15 is 0 Å². The van der Waals surface area contributed by atoms with Crippen molar-refractivity contribution in [3.63, 3.8) is 0 Å². The van der Waals surface area contributed by atoms with E-state index in [1.165, 1.54) is 7.11 Å². The molecule has 5 rings (SSSR count). The average molecular weight is 452 g/mol. The Morgan fingerprint density at radius 2 is 1.82 bits per heavy atom. The fraction of sp³-hybridized carbons (Fsp3) is 0.0741. The van der Waals surface area contributed by atoms with E-state index in [4.69, 9.17) is 13.6 Å². The third-order valence-electron chi connectivity index (χ3n) is 5.31. The number of aromatic hydroxyl groups is 1. The van der Waals surface area contributed by atoms with E-state index in [2.05, 4.69) is 9.98 Å². The van der Waals surface area contributed by atoms with Crippen LogP contribution in [0.3, 0.4) is 0 Å². The van der Waals surface area contributed by atoms with Crippen molar-refractivity contribution in [3.05, 3.63) is 89.7 Å². The van der Waals surface area contributed by atoms with E-state index in [1.807, 2.05) is 31.2 Å². The number of benzene rings is 3. The number of hydrogen-bond acceptors (Lipinski definition) is 7. The van der Waals surface area contributed by atoms with Crippen LogP contribution in [-0.4, -0.2) is 29.4 Å². The molecule has 2 heterocycles. The van der Waals surface area contributed by atoms with Gasteiger partial charge in [0.15, 0.2) is 5.58 Å². The minimum Gasteiger partial charge on any atom is -0.507 e. The molecule has 0 saturated carbocycles. The molecule has 7 nitrogen and oxygen atoms in total. The third kappa shape index (κ3) is 4.19. The van der Waals surface area contributed by atoms with Crippen LogP contribution in [0.25, 0.3) is 33.9 Å². The number of ether oxygens (including phenoxy) is 1. The number of rotatable bonds is 5. The first-order valence-electron chi connectivity index (χ1n) is 10.5. The summed E-state index contributed by atoms with van der Waals surface area (Å²) in [7, 11) is 1.35. The van der Waals surface area contributed by atoms with E-state index in [1.54, 1.807) is 54.7 Å². The van der Waals surface area contributed by atoms with E-state index < -0.39 is 0 Å². The summed E-state index contributed by atoms with van der Waals surface area (Å²) in [6.45, 7) is 1.99. The van der Waals surface area contributed by atoms with Gasteiger partial charge in [0.25, 0.3) is 0 Å². The number of oxazole rings is 1. The minimum atomic E-state index is -0.390. The fourth-order valence-corrected chi connectivity index (χ4v) is 3.54. The van der Waals surface area contributed by atoms with E-state index in [0.29, 0.717) is 39.8 Å². The predicted octanol–water partition coefficient (Wildman–Crippen LogP) is 6.31. The van der Waals surface area contributed by atoms with Gasteiger partial charge < -0.3 is 18.7 Å². The Morgan fingerprint density at radius 1 is 1.00 bits per heavy atom. The zero-order valence-electron chi connectivity index (χ0n) is 18.5. The molecule has 0 radical (unpaired) electrons. The molecule has 1 N–H and O–H groups in total. The number of furan rings is 1. The van der Waals surface area contributed by atoms with Gasteiger partial charge in [0.1, 0.15) is 22.8 Å². The topological polar surface area (TPSA) is 98.1 Å². The molecule has 0 spiro atoms. The summed E-state index contributed by atoms with van der Waals surface area (Å²) in [6, 6.07) is 21.3. The van der Waals surface area contributed by atoms with Crippen LogP contribution >= 0.6 is 0 Å². The lowest BCUT2D eigenvalue weighted by Gasteiger charge is -2.01. The Bertz CT molecular complexity index is 1530. The highest BCUT2D eigenvalue weighted by Gasteiger charge is 2.13. The molecule has 34 heavy (non-hydrogen) atoms. The van der Waals surface area contributed by atoms with E-state index in [0.717, 1.165) is 16.6 Å². The molecular weight excluding hydrogens is 432 g/mol. The van der Waals surface area contributed by atoms with Crippen LogP contribution in [0.15, 0.2) is 86.6 Å². The van der Waals surface area contributed by atoms with Crippen molar-refractivity contribution < 1.29 is 23.5 Å². The van der Waals surface area contributed by atoms with Gasteiger partial charge >= 0.3 is 5.97 Å². The molecule has 0 amide bonds. The molecule has 7 heteroatoms. The summed E-state index contributed by atoms with van der Waals surface area (Å²) in [5.74, 6) is 1.16. The highest BCUT2D eigenvalue weighted by molar-refractivity contribution is 5.90. The lowest BCUT2D eigenvalue weighted by Crippen LogP contribution is -2.00. The van der Waals surface area contributed by atoms with Crippen molar-refractivity contribution in [2.75, 3.05) is 7.11 Å². The Kier molecular flexibility index (Phi) is 5.43. The Morgan fingerprint density at radius 3 is 2.59 bits per heavy atom. The highest BCUT2D eigenvalue weighted by atomic mass is 16.5. The maximum atomic E-state index is 11.6. The quantitative estimate of drug-likeness (QED) is 0.248. The van der Waals surface area contributed by atoms with Crippen molar-refractivity contribution in [1.82, 2.24) is 4.98 Å². The second-order valence-corrected chi connectivity index (χ2v) is 7.72. The van der Waals surface area contributed by atoms with Crippen LogP contribution in [0.2, 0.25) is 0 Å². The van der Waals surface area contributed by atoms with Crippen LogP contribution < -0.4 is 0 Å². The number of phenols is 1. The monoisotopic (exact) mass is 452 g/mol. The second-order valence-electron chi connectivity index (χ2n) is 7.72. The van der Waals surface area contributed by atoms with Crippen LogP contribution in [0.4, 0.5) is 5.69 Å². The number of methoxy groups -OCH3 is 1. The van der Waals surface area contributed by atoms with Crippen LogP contribution in [0.1, 0.15) is 21.7 Å². The van der Waals surface area contributed by atoms with Crippen molar-refractivity contribution in [2.45, 2.75) is 6.92 Å². The normalized spacial score (nSPS) is 11.4. The number of aromatic nitrogens is 1. The van der Waals surface area contributed by atoms with Gasteiger partial charge in [0.05, 0.1) is 30.1 Å². The van der Waals surface area contributed by atoms with Gasteiger partial charge in [0.2, 0.25) is 5.89 Å². The zero-order valence-corrected chi connectivity index (χ0v) is 18.5. The number of fused-ring (bicyclic) bond motifs is 1. The first kappa shape index (κ1) is 21.2. The first-order valence-corrected chi connectivity index (χ1v) is 10.5. The van der Waals surface area contributed by atoms with Crippen molar-refractivity contribution >= 4 is 29.0 Å². The largest absolute Gasteiger partial charge is 0.507 e. The zero-order chi connectivity index (χ0) is 23.7. The summed E-state index contributed by atoms with van der Waals surface area (Å²) in [6.07, 6.45) is 1.57. The first-order chi connectivity index (χ1) is 16.5. The number of phenolic OH excluding ortho intramolecular Hbond substituents is 1. The highest BCUT2D eigenvalue weighted by Crippen LogP contribution is 2.34. The van der Waals surface area contributed by atoms with Gasteiger partial charge in [-0.2, -0.15) is 0 Å². The van der Waals surface area contributed by atoms with Crippen LogP contribution in [-0.2, 0) is 4.74 Å². The standard InChI is InChI=1S/C27H20N2O5/c1-16-3-11-25-22(13-16)29-26(34-25)21-10-8-19(14-23(21)30)28-15-20-9-12-24(33-20)17-4-6-18(7-5-17)27(31)32-2/h3-15,30H,1-2H3. The number of carbonyl (C=O) groups excluding carboxylic acids is 1. The van der Waals surface area contributed by atoms with Crippen molar-refractivity contribution in [3.8, 4) is 28.5 Å².